The Hall–Kier alpha value is -1.34. The van der Waals surface area contributed by atoms with Gasteiger partial charge in [-0.25, -0.2) is 0 Å². The topological polar surface area (TPSA) is 27.6 Å². The maximum Gasteiger partial charge on any atom is 0.193 e. The number of hydrogen-bond donors (Lipinski definition) is 1. The minimum atomic E-state index is 0. The predicted molar refractivity (Wildman–Crippen MR) is 120 cm³/mol. The number of nitrogens with one attached hydrogen (secondary N) is 1. The fourth-order valence-corrected chi connectivity index (χ4v) is 3.73. The molecule has 2 aromatic rings. The quantitative estimate of drug-likeness (QED) is 0.402. The lowest BCUT2D eigenvalue weighted by Crippen LogP contribution is -2.45. The van der Waals surface area contributed by atoms with Crippen LogP contribution < -0.4 is 5.32 Å². The second-order valence-electron chi connectivity index (χ2n) is 6.00. The van der Waals surface area contributed by atoms with Crippen molar-refractivity contribution < 1.29 is 0 Å². The molecule has 0 bridgehead atoms. The SMILES string of the molecule is CN=C(NCCc1cccs1)N1CCC(=Cc2ccccc2)CC1.I. The third-order valence-corrected chi connectivity index (χ3v) is 5.26. The molecule has 25 heavy (non-hydrogen) atoms. The highest BCUT2D eigenvalue weighted by molar-refractivity contribution is 14.0. The van der Waals surface area contributed by atoms with Gasteiger partial charge < -0.3 is 10.2 Å². The molecule has 2 heterocycles. The van der Waals surface area contributed by atoms with Gasteiger partial charge in [0.05, 0.1) is 0 Å². The van der Waals surface area contributed by atoms with E-state index in [1.54, 1.807) is 0 Å². The summed E-state index contributed by atoms with van der Waals surface area (Å²) < 4.78 is 0. The predicted octanol–water partition coefficient (Wildman–Crippen LogP) is 4.66. The van der Waals surface area contributed by atoms with Crippen LogP contribution in [0.3, 0.4) is 0 Å². The summed E-state index contributed by atoms with van der Waals surface area (Å²) in [6.45, 7) is 3.02. The number of benzene rings is 1. The molecule has 0 amide bonds. The molecule has 1 aromatic carbocycles. The van der Waals surface area contributed by atoms with E-state index in [1.165, 1.54) is 16.0 Å². The van der Waals surface area contributed by atoms with Crippen molar-refractivity contribution in [1.29, 1.82) is 0 Å². The molecule has 1 aromatic heterocycles. The Bertz CT molecular complexity index is 670. The van der Waals surface area contributed by atoms with Gasteiger partial charge in [0.2, 0.25) is 0 Å². The van der Waals surface area contributed by atoms with Crippen molar-refractivity contribution in [2.45, 2.75) is 19.3 Å². The van der Waals surface area contributed by atoms with Crippen LogP contribution in [0, 0.1) is 0 Å². The molecule has 0 radical (unpaired) electrons. The summed E-state index contributed by atoms with van der Waals surface area (Å²) in [6, 6.07) is 14.9. The van der Waals surface area contributed by atoms with Crippen LogP contribution in [0.1, 0.15) is 23.3 Å². The van der Waals surface area contributed by atoms with Crippen LogP contribution >= 0.6 is 35.3 Å². The van der Waals surface area contributed by atoms with Crippen molar-refractivity contribution in [3.05, 3.63) is 63.9 Å². The van der Waals surface area contributed by atoms with E-state index in [0.717, 1.165) is 44.9 Å². The molecule has 3 nitrogen and oxygen atoms in total. The first kappa shape index (κ1) is 20.0. The van der Waals surface area contributed by atoms with Gasteiger partial charge in [-0.2, -0.15) is 0 Å². The highest BCUT2D eigenvalue weighted by atomic mass is 127. The van der Waals surface area contributed by atoms with E-state index in [0.29, 0.717) is 0 Å². The number of hydrogen-bond acceptors (Lipinski definition) is 2. The maximum absolute atomic E-state index is 4.45. The molecule has 0 aliphatic carbocycles. The standard InChI is InChI=1S/C20H25N3S.HI/c1-21-20(22-12-9-19-8-5-15-24-19)23-13-10-18(11-14-23)16-17-6-3-2-4-7-17;/h2-8,15-16H,9-14H2,1H3,(H,21,22);1H. The Labute approximate surface area is 171 Å². The summed E-state index contributed by atoms with van der Waals surface area (Å²) in [5.74, 6) is 1.03. The number of nitrogens with zero attached hydrogens (tertiary/aromatic N) is 2. The van der Waals surface area contributed by atoms with Crippen molar-refractivity contribution in [2.24, 2.45) is 4.99 Å². The largest absolute Gasteiger partial charge is 0.356 e. The number of rotatable bonds is 4. The zero-order valence-corrected chi connectivity index (χ0v) is 17.8. The van der Waals surface area contributed by atoms with E-state index >= 15 is 0 Å². The molecular weight excluding hydrogens is 441 g/mol. The third-order valence-electron chi connectivity index (χ3n) is 4.32. The van der Waals surface area contributed by atoms with Gasteiger partial charge in [0.1, 0.15) is 0 Å². The van der Waals surface area contributed by atoms with Crippen LogP contribution in [-0.4, -0.2) is 37.5 Å². The Balaban J connectivity index is 0.00000225. The minimum Gasteiger partial charge on any atom is -0.356 e. The van der Waals surface area contributed by atoms with Crippen LogP contribution in [0.5, 0.6) is 0 Å². The average Bonchev–Trinajstić information content (AvgIpc) is 3.14. The molecule has 0 atom stereocenters. The van der Waals surface area contributed by atoms with Crippen molar-refractivity contribution in [1.82, 2.24) is 10.2 Å². The van der Waals surface area contributed by atoms with E-state index in [4.69, 9.17) is 0 Å². The van der Waals surface area contributed by atoms with E-state index in [-0.39, 0.29) is 24.0 Å². The van der Waals surface area contributed by atoms with Gasteiger partial charge >= 0.3 is 0 Å². The van der Waals surface area contributed by atoms with Crippen LogP contribution in [0.15, 0.2) is 58.4 Å². The van der Waals surface area contributed by atoms with Crippen LogP contribution in [-0.2, 0) is 6.42 Å². The number of piperidine rings is 1. The first-order chi connectivity index (χ1) is 11.8. The molecule has 0 spiro atoms. The highest BCUT2D eigenvalue weighted by Crippen LogP contribution is 2.19. The Morgan fingerprint density at radius 3 is 2.56 bits per heavy atom. The van der Waals surface area contributed by atoms with Crippen LogP contribution in [0.25, 0.3) is 6.08 Å². The molecule has 5 heteroatoms. The van der Waals surface area contributed by atoms with E-state index < -0.39 is 0 Å². The van der Waals surface area contributed by atoms with Crippen molar-refractivity contribution >= 4 is 47.3 Å². The average molecular weight is 467 g/mol. The van der Waals surface area contributed by atoms with Gasteiger partial charge in [-0.1, -0.05) is 48.0 Å². The summed E-state index contributed by atoms with van der Waals surface area (Å²) in [5.41, 5.74) is 2.84. The normalized spacial score (nSPS) is 14.8. The molecule has 0 unspecified atom stereocenters. The lowest BCUT2D eigenvalue weighted by molar-refractivity contribution is 0.376. The minimum absolute atomic E-state index is 0. The second-order valence-corrected chi connectivity index (χ2v) is 7.04. The third kappa shape index (κ3) is 6.15. The Kier molecular flexibility index (Phi) is 8.48. The second kappa shape index (κ2) is 10.6. The molecule has 1 saturated heterocycles. The zero-order chi connectivity index (χ0) is 16.6. The molecule has 0 saturated carbocycles. The first-order valence-corrected chi connectivity index (χ1v) is 9.45. The number of aliphatic imine (C=N–C) groups is 1. The van der Waals surface area contributed by atoms with E-state index in [9.17, 15) is 0 Å². The fraction of sp³-hybridized carbons (Fsp3) is 0.350. The molecule has 1 N–H and O–H groups in total. The molecule has 134 valence electrons. The van der Waals surface area contributed by atoms with Gasteiger partial charge in [-0.3, -0.25) is 4.99 Å². The number of thiophene rings is 1. The van der Waals surface area contributed by atoms with Gasteiger partial charge in [0, 0.05) is 31.6 Å². The summed E-state index contributed by atoms with van der Waals surface area (Å²) in [5, 5.41) is 5.64. The van der Waals surface area contributed by atoms with E-state index in [1.807, 2.05) is 18.4 Å². The number of halogens is 1. The summed E-state index contributed by atoms with van der Waals surface area (Å²) >= 11 is 1.82. The maximum atomic E-state index is 4.45. The Morgan fingerprint density at radius 2 is 1.92 bits per heavy atom. The van der Waals surface area contributed by atoms with Crippen molar-refractivity contribution in [3.63, 3.8) is 0 Å². The zero-order valence-electron chi connectivity index (χ0n) is 14.6. The fourth-order valence-electron chi connectivity index (χ4n) is 3.02. The van der Waals surface area contributed by atoms with Gasteiger partial charge in [-0.05, 0) is 36.3 Å². The number of guanidine groups is 1. The van der Waals surface area contributed by atoms with Crippen molar-refractivity contribution in [2.75, 3.05) is 26.7 Å². The molecule has 1 aliphatic heterocycles. The molecular formula is C20H26IN3S. The summed E-state index contributed by atoms with van der Waals surface area (Å²) in [4.78, 5) is 8.25. The Morgan fingerprint density at radius 1 is 1.16 bits per heavy atom. The molecule has 3 rings (SSSR count). The number of likely N-dealkylation sites (tertiary alicyclic amines) is 1. The lowest BCUT2D eigenvalue weighted by atomic mass is 10.0. The van der Waals surface area contributed by atoms with Crippen LogP contribution in [0.2, 0.25) is 0 Å². The van der Waals surface area contributed by atoms with Gasteiger partial charge in [0.15, 0.2) is 5.96 Å². The van der Waals surface area contributed by atoms with Crippen LogP contribution in [0.4, 0.5) is 0 Å². The monoisotopic (exact) mass is 467 g/mol. The highest BCUT2D eigenvalue weighted by Gasteiger charge is 2.16. The van der Waals surface area contributed by atoms with Crippen molar-refractivity contribution in [3.8, 4) is 0 Å². The van der Waals surface area contributed by atoms with E-state index in [2.05, 4.69) is 69.1 Å². The summed E-state index contributed by atoms with van der Waals surface area (Å²) in [6.07, 6.45) is 5.62. The summed E-state index contributed by atoms with van der Waals surface area (Å²) in [7, 11) is 1.88. The van der Waals surface area contributed by atoms with Gasteiger partial charge in [-0.15, -0.1) is 35.3 Å². The lowest BCUT2D eigenvalue weighted by Gasteiger charge is -2.31. The first-order valence-electron chi connectivity index (χ1n) is 8.57. The molecule has 1 aliphatic rings. The smallest absolute Gasteiger partial charge is 0.193 e. The van der Waals surface area contributed by atoms with Gasteiger partial charge in [0.25, 0.3) is 0 Å². The molecule has 1 fully saturated rings.